The van der Waals surface area contributed by atoms with E-state index in [1.54, 1.807) is 0 Å². The highest BCUT2D eigenvalue weighted by Crippen LogP contribution is 2.25. The van der Waals surface area contributed by atoms with Crippen molar-refractivity contribution in [1.82, 2.24) is 5.32 Å². The zero-order chi connectivity index (χ0) is 10.7. The summed E-state index contributed by atoms with van der Waals surface area (Å²) in [5.41, 5.74) is 0.673. The number of nitrogens with one attached hydrogen (secondary N) is 1. The van der Waals surface area contributed by atoms with Crippen LogP contribution in [0.5, 0.6) is 0 Å². The maximum absolute atomic E-state index is 12.8. The van der Waals surface area contributed by atoms with E-state index in [0.29, 0.717) is 12.1 Å². The first-order valence-corrected chi connectivity index (χ1v) is 5.40. The summed E-state index contributed by atoms with van der Waals surface area (Å²) < 4.78 is 25.6. The molecule has 0 atom stereocenters. The number of halogens is 2. The molecule has 0 saturated heterocycles. The van der Waals surface area contributed by atoms with Gasteiger partial charge in [0.1, 0.15) is 11.6 Å². The maximum Gasteiger partial charge on any atom is 0.126 e. The van der Waals surface area contributed by atoms with Gasteiger partial charge in [-0.2, -0.15) is 0 Å². The van der Waals surface area contributed by atoms with E-state index in [-0.39, 0.29) is 0 Å². The van der Waals surface area contributed by atoms with Gasteiger partial charge in [0, 0.05) is 12.6 Å². The fourth-order valence-electron chi connectivity index (χ4n) is 1.83. The van der Waals surface area contributed by atoms with Gasteiger partial charge in [0.15, 0.2) is 0 Å². The Balaban J connectivity index is 1.81. The van der Waals surface area contributed by atoms with Crippen LogP contribution in [0.2, 0.25) is 0 Å². The second kappa shape index (κ2) is 4.71. The molecule has 2 rings (SSSR count). The lowest BCUT2D eigenvalue weighted by molar-refractivity contribution is 0.301. The van der Waals surface area contributed by atoms with Crippen LogP contribution in [-0.2, 0) is 6.54 Å². The molecule has 1 aromatic carbocycles. The SMILES string of the molecule is Fc1cc(F)cc(CNCC2CCC2)c1. The molecule has 0 aliphatic heterocycles. The average Bonchev–Trinajstić information content (AvgIpc) is 2.07. The predicted octanol–water partition coefficient (Wildman–Crippen LogP) is 2.85. The van der Waals surface area contributed by atoms with Gasteiger partial charge in [-0.15, -0.1) is 0 Å². The normalized spacial score (nSPS) is 16.4. The van der Waals surface area contributed by atoms with E-state index in [1.165, 1.54) is 31.4 Å². The Kier molecular flexibility index (Phi) is 3.31. The van der Waals surface area contributed by atoms with Crippen molar-refractivity contribution in [2.45, 2.75) is 25.8 Å². The first-order valence-electron chi connectivity index (χ1n) is 5.40. The summed E-state index contributed by atoms with van der Waals surface area (Å²) in [4.78, 5) is 0. The van der Waals surface area contributed by atoms with E-state index in [0.717, 1.165) is 18.5 Å². The Bertz CT molecular complexity index is 314. The van der Waals surface area contributed by atoms with Crippen LogP contribution in [0, 0.1) is 17.6 Å². The maximum atomic E-state index is 12.8. The van der Waals surface area contributed by atoms with E-state index in [1.807, 2.05) is 0 Å². The highest BCUT2D eigenvalue weighted by molar-refractivity contribution is 5.17. The van der Waals surface area contributed by atoms with Gasteiger partial charge in [0.2, 0.25) is 0 Å². The van der Waals surface area contributed by atoms with Gasteiger partial charge in [-0.1, -0.05) is 6.42 Å². The lowest BCUT2D eigenvalue weighted by atomic mass is 9.85. The van der Waals surface area contributed by atoms with E-state index in [4.69, 9.17) is 0 Å². The molecule has 0 amide bonds. The third-order valence-electron chi connectivity index (χ3n) is 2.91. The van der Waals surface area contributed by atoms with E-state index in [2.05, 4.69) is 5.32 Å². The van der Waals surface area contributed by atoms with Crippen molar-refractivity contribution in [1.29, 1.82) is 0 Å². The number of hydrogen-bond donors (Lipinski definition) is 1. The number of rotatable bonds is 4. The first kappa shape index (κ1) is 10.6. The third-order valence-corrected chi connectivity index (χ3v) is 2.91. The van der Waals surface area contributed by atoms with Crippen molar-refractivity contribution in [2.24, 2.45) is 5.92 Å². The quantitative estimate of drug-likeness (QED) is 0.807. The Labute approximate surface area is 88.5 Å². The average molecular weight is 211 g/mol. The largest absolute Gasteiger partial charge is 0.312 e. The van der Waals surface area contributed by atoms with Crippen molar-refractivity contribution >= 4 is 0 Å². The van der Waals surface area contributed by atoms with Crippen LogP contribution in [0.15, 0.2) is 18.2 Å². The summed E-state index contributed by atoms with van der Waals surface area (Å²) in [5.74, 6) is -0.241. The summed E-state index contributed by atoms with van der Waals surface area (Å²) in [6, 6.07) is 3.64. The van der Waals surface area contributed by atoms with E-state index in [9.17, 15) is 8.78 Å². The second-order valence-corrected chi connectivity index (χ2v) is 4.21. The first-order chi connectivity index (χ1) is 7.24. The van der Waals surface area contributed by atoms with Crippen LogP contribution in [0.25, 0.3) is 0 Å². The molecule has 0 heterocycles. The lowest BCUT2D eigenvalue weighted by Crippen LogP contribution is -2.26. The minimum absolute atomic E-state index is 0.504. The highest BCUT2D eigenvalue weighted by Gasteiger charge is 2.16. The van der Waals surface area contributed by atoms with E-state index < -0.39 is 11.6 Å². The Hall–Kier alpha value is -0.960. The van der Waals surface area contributed by atoms with Crippen LogP contribution in [0.3, 0.4) is 0 Å². The zero-order valence-electron chi connectivity index (χ0n) is 8.60. The molecule has 0 spiro atoms. The molecule has 1 aromatic rings. The van der Waals surface area contributed by atoms with Gasteiger partial charge >= 0.3 is 0 Å². The predicted molar refractivity (Wildman–Crippen MR) is 55.4 cm³/mol. The standard InChI is InChI=1S/C12H15F2N/c13-11-4-10(5-12(14)6-11)8-15-7-9-2-1-3-9/h4-6,9,15H,1-3,7-8H2. The van der Waals surface area contributed by atoms with Crippen LogP contribution < -0.4 is 5.32 Å². The fraction of sp³-hybridized carbons (Fsp3) is 0.500. The fourth-order valence-corrected chi connectivity index (χ4v) is 1.83. The van der Waals surface area contributed by atoms with Gasteiger partial charge < -0.3 is 5.32 Å². The number of benzene rings is 1. The summed E-state index contributed by atoms with van der Waals surface area (Å²) in [6.45, 7) is 1.50. The zero-order valence-corrected chi connectivity index (χ0v) is 8.60. The Morgan fingerprint density at radius 1 is 1.13 bits per heavy atom. The summed E-state index contributed by atoms with van der Waals surface area (Å²) in [5, 5.41) is 3.22. The van der Waals surface area contributed by atoms with Gasteiger partial charge in [0.05, 0.1) is 0 Å². The molecule has 1 N–H and O–H groups in total. The summed E-state index contributed by atoms with van der Waals surface area (Å²) >= 11 is 0. The molecule has 0 bridgehead atoms. The van der Waals surface area contributed by atoms with Crippen LogP contribution in [0.1, 0.15) is 24.8 Å². The minimum atomic E-state index is -0.504. The van der Waals surface area contributed by atoms with Crippen molar-refractivity contribution in [3.63, 3.8) is 0 Å². The van der Waals surface area contributed by atoms with Gasteiger partial charge in [0.25, 0.3) is 0 Å². The molecule has 1 nitrogen and oxygen atoms in total. The molecule has 15 heavy (non-hydrogen) atoms. The summed E-state index contributed by atoms with van der Waals surface area (Å²) in [7, 11) is 0. The van der Waals surface area contributed by atoms with E-state index >= 15 is 0 Å². The number of hydrogen-bond acceptors (Lipinski definition) is 1. The molecule has 1 aliphatic rings. The monoisotopic (exact) mass is 211 g/mol. The molecule has 1 fully saturated rings. The summed E-state index contributed by atoms with van der Waals surface area (Å²) in [6.07, 6.45) is 3.88. The van der Waals surface area contributed by atoms with Crippen molar-refractivity contribution in [3.8, 4) is 0 Å². The van der Waals surface area contributed by atoms with Gasteiger partial charge in [-0.05, 0) is 43.0 Å². The van der Waals surface area contributed by atoms with Crippen LogP contribution >= 0.6 is 0 Å². The van der Waals surface area contributed by atoms with Crippen molar-refractivity contribution in [3.05, 3.63) is 35.4 Å². The van der Waals surface area contributed by atoms with Crippen molar-refractivity contribution in [2.75, 3.05) is 6.54 Å². The molecule has 3 heteroatoms. The lowest BCUT2D eigenvalue weighted by Gasteiger charge is -2.25. The molecular formula is C12H15F2N. The Morgan fingerprint density at radius 2 is 1.80 bits per heavy atom. The molecule has 0 aromatic heterocycles. The molecule has 82 valence electrons. The molecular weight excluding hydrogens is 196 g/mol. The van der Waals surface area contributed by atoms with Crippen molar-refractivity contribution < 1.29 is 8.78 Å². The molecule has 1 aliphatic carbocycles. The second-order valence-electron chi connectivity index (χ2n) is 4.21. The molecule has 0 radical (unpaired) electrons. The third kappa shape index (κ3) is 2.99. The smallest absolute Gasteiger partial charge is 0.126 e. The van der Waals surface area contributed by atoms with Gasteiger partial charge in [-0.3, -0.25) is 0 Å². The highest BCUT2D eigenvalue weighted by atomic mass is 19.1. The van der Waals surface area contributed by atoms with Crippen LogP contribution in [-0.4, -0.2) is 6.54 Å². The van der Waals surface area contributed by atoms with Crippen LogP contribution in [0.4, 0.5) is 8.78 Å². The topological polar surface area (TPSA) is 12.0 Å². The molecule has 1 saturated carbocycles. The van der Waals surface area contributed by atoms with Gasteiger partial charge in [-0.25, -0.2) is 8.78 Å². The minimum Gasteiger partial charge on any atom is -0.312 e. The Morgan fingerprint density at radius 3 is 2.33 bits per heavy atom. The molecule has 0 unspecified atom stereocenters.